The van der Waals surface area contributed by atoms with Crippen molar-refractivity contribution in [3.8, 4) is 0 Å². The number of amidine groups is 1. The van der Waals surface area contributed by atoms with Crippen LogP contribution in [-0.4, -0.2) is 42.5 Å². The molecule has 1 heterocycles. The first-order chi connectivity index (χ1) is 10.9. The van der Waals surface area contributed by atoms with Gasteiger partial charge >= 0.3 is 0 Å². The van der Waals surface area contributed by atoms with Gasteiger partial charge in [0.2, 0.25) is 0 Å². The van der Waals surface area contributed by atoms with Crippen molar-refractivity contribution >= 4 is 5.84 Å². The van der Waals surface area contributed by atoms with Crippen molar-refractivity contribution in [2.75, 3.05) is 13.6 Å². The Labute approximate surface area is 141 Å². The summed E-state index contributed by atoms with van der Waals surface area (Å²) in [5.74, 6) is 2.03. The van der Waals surface area contributed by atoms with Crippen LogP contribution in [0.5, 0.6) is 0 Å². The van der Waals surface area contributed by atoms with Gasteiger partial charge in [0.15, 0.2) is 0 Å². The van der Waals surface area contributed by atoms with Gasteiger partial charge in [-0.25, -0.2) is 4.99 Å². The first-order valence-electron chi connectivity index (χ1n) is 8.83. The smallest absolute Gasteiger partial charge is 0.133 e. The Kier molecular flexibility index (Phi) is 6.05. The minimum atomic E-state index is 0.281. The molecule has 0 bridgehead atoms. The van der Waals surface area contributed by atoms with E-state index in [1.165, 1.54) is 24.0 Å². The van der Waals surface area contributed by atoms with Gasteiger partial charge in [0.1, 0.15) is 11.7 Å². The van der Waals surface area contributed by atoms with Gasteiger partial charge in [-0.2, -0.15) is 0 Å². The fourth-order valence-electron chi connectivity index (χ4n) is 2.97. The zero-order valence-electron chi connectivity index (χ0n) is 15.5. The Morgan fingerprint density at radius 1 is 1.48 bits per heavy atom. The summed E-state index contributed by atoms with van der Waals surface area (Å²) in [6.07, 6.45) is 9.21. The average Bonchev–Trinajstić information content (AvgIpc) is 2.55. The average molecular weight is 316 g/mol. The Hall–Kier alpha value is -1.55. The van der Waals surface area contributed by atoms with Crippen LogP contribution in [0.25, 0.3) is 0 Å². The number of aliphatic imine (C=N–C) groups is 1. The second-order valence-electron chi connectivity index (χ2n) is 6.87. The molecule has 0 saturated heterocycles. The highest BCUT2D eigenvalue weighted by Crippen LogP contribution is 2.23. The van der Waals surface area contributed by atoms with E-state index in [1.54, 1.807) is 0 Å². The summed E-state index contributed by atoms with van der Waals surface area (Å²) in [4.78, 5) is 7.24. The third-order valence-electron chi connectivity index (χ3n) is 4.50. The summed E-state index contributed by atoms with van der Waals surface area (Å²) < 4.78 is 0. The number of rotatable bonds is 6. The van der Waals surface area contributed by atoms with Gasteiger partial charge in [0.05, 0.1) is 0 Å². The van der Waals surface area contributed by atoms with Crippen LogP contribution in [0.1, 0.15) is 47.5 Å². The second kappa shape index (κ2) is 7.82. The quantitative estimate of drug-likeness (QED) is 0.790. The Balaban J connectivity index is 2.34. The maximum atomic E-state index is 4.95. The maximum Gasteiger partial charge on any atom is 0.133 e. The van der Waals surface area contributed by atoms with Crippen molar-refractivity contribution in [1.29, 1.82) is 0 Å². The number of likely N-dealkylation sites (N-methyl/N-ethyl adjacent to an activating group) is 2. The van der Waals surface area contributed by atoms with Gasteiger partial charge in [0.25, 0.3) is 0 Å². The van der Waals surface area contributed by atoms with Gasteiger partial charge in [-0.15, -0.1) is 0 Å². The molecule has 1 aliphatic heterocycles. The van der Waals surface area contributed by atoms with Gasteiger partial charge in [0, 0.05) is 25.2 Å². The Morgan fingerprint density at radius 2 is 2.17 bits per heavy atom. The zero-order chi connectivity index (χ0) is 17.0. The van der Waals surface area contributed by atoms with E-state index in [1.807, 2.05) is 0 Å². The molecular weight excluding hydrogens is 284 g/mol. The van der Waals surface area contributed by atoms with Crippen LogP contribution in [0.3, 0.4) is 0 Å². The normalized spacial score (nSPS) is 25.4. The van der Waals surface area contributed by atoms with Crippen LogP contribution in [0.2, 0.25) is 0 Å². The van der Waals surface area contributed by atoms with Crippen molar-refractivity contribution in [3.05, 3.63) is 35.2 Å². The number of allylic oxidation sites excluding steroid dienone is 3. The summed E-state index contributed by atoms with van der Waals surface area (Å²) in [6.45, 7) is 11.8. The highest BCUT2D eigenvalue weighted by molar-refractivity contribution is 5.99. The molecule has 128 valence electrons. The number of hydrogen-bond acceptors (Lipinski definition) is 4. The monoisotopic (exact) mass is 316 g/mol. The molecule has 4 nitrogen and oxygen atoms in total. The molecule has 2 atom stereocenters. The zero-order valence-corrected chi connectivity index (χ0v) is 15.5. The van der Waals surface area contributed by atoms with Crippen molar-refractivity contribution in [1.82, 2.24) is 15.5 Å². The van der Waals surface area contributed by atoms with Crippen LogP contribution in [0, 0.1) is 0 Å². The van der Waals surface area contributed by atoms with E-state index in [2.05, 4.69) is 75.4 Å². The van der Waals surface area contributed by atoms with Crippen LogP contribution >= 0.6 is 0 Å². The van der Waals surface area contributed by atoms with Crippen LogP contribution in [0.15, 0.2) is 40.2 Å². The fourth-order valence-corrected chi connectivity index (χ4v) is 2.97. The van der Waals surface area contributed by atoms with Crippen LogP contribution < -0.4 is 10.6 Å². The molecule has 4 heteroatoms. The maximum absolute atomic E-state index is 4.95. The van der Waals surface area contributed by atoms with E-state index < -0.39 is 0 Å². The van der Waals surface area contributed by atoms with E-state index in [-0.39, 0.29) is 6.04 Å². The predicted octanol–water partition coefficient (Wildman–Crippen LogP) is 3.20. The molecule has 0 fully saturated rings. The molecule has 2 aliphatic rings. The number of nitrogens with one attached hydrogen (secondary N) is 2. The van der Waals surface area contributed by atoms with E-state index >= 15 is 0 Å². The highest BCUT2D eigenvalue weighted by atomic mass is 15.2. The van der Waals surface area contributed by atoms with Gasteiger partial charge in [-0.1, -0.05) is 24.6 Å². The van der Waals surface area contributed by atoms with E-state index in [4.69, 9.17) is 4.99 Å². The highest BCUT2D eigenvalue weighted by Gasteiger charge is 2.26. The van der Waals surface area contributed by atoms with Crippen LogP contribution in [-0.2, 0) is 0 Å². The lowest BCUT2D eigenvalue weighted by Crippen LogP contribution is -2.47. The lowest BCUT2D eigenvalue weighted by atomic mass is 9.96. The van der Waals surface area contributed by atoms with E-state index in [0.29, 0.717) is 12.1 Å². The largest absolute Gasteiger partial charge is 0.368 e. The molecule has 0 aromatic heterocycles. The second-order valence-corrected chi connectivity index (χ2v) is 6.87. The molecular formula is C19H32N4. The van der Waals surface area contributed by atoms with E-state index in [0.717, 1.165) is 18.2 Å². The molecule has 0 radical (unpaired) electrons. The summed E-state index contributed by atoms with van der Waals surface area (Å²) in [7, 11) is 2.15. The topological polar surface area (TPSA) is 39.7 Å². The minimum absolute atomic E-state index is 0.281. The first kappa shape index (κ1) is 17.8. The third kappa shape index (κ3) is 4.47. The molecule has 2 unspecified atom stereocenters. The fraction of sp³-hybridized carbons (Fsp3) is 0.632. The molecule has 0 saturated carbocycles. The van der Waals surface area contributed by atoms with Crippen molar-refractivity contribution in [3.63, 3.8) is 0 Å². The van der Waals surface area contributed by atoms with Crippen LogP contribution in [0.4, 0.5) is 0 Å². The first-order valence-corrected chi connectivity index (χ1v) is 8.83. The molecule has 23 heavy (non-hydrogen) atoms. The predicted molar refractivity (Wildman–Crippen MR) is 99.6 cm³/mol. The molecule has 2 N–H and O–H groups in total. The van der Waals surface area contributed by atoms with Gasteiger partial charge < -0.3 is 15.5 Å². The van der Waals surface area contributed by atoms with Gasteiger partial charge in [-0.05, 0) is 58.7 Å². The molecule has 0 aromatic carbocycles. The van der Waals surface area contributed by atoms with Crippen molar-refractivity contribution in [2.24, 2.45) is 4.99 Å². The Morgan fingerprint density at radius 3 is 2.70 bits per heavy atom. The Bertz CT molecular complexity index is 540. The van der Waals surface area contributed by atoms with E-state index in [9.17, 15) is 0 Å². The molecule has 0 aromatic rings. The molecule has 0 spiro atoms. The van der Waals surface area contributed by atoms with Crippen molar-refractivity contribution in [2.45, 2.75) is 65.6 Å². The van der Waals surface area contributed by atoms with Gasteiger partial charge in [-0.3, -0.25) is 0 Å². The summed E-state index contributed by atoms with van der Waals surface area (Å²) in [5.41, 5.74) is 2.67. The third-order valence-corrected chi connectivity index (χ3v) is 4.50. The molecule has 0 amide bonds. The lowest BCUT2D eigenvalue weighted by Gasteiger charge is -2.32. The minimum Gasteiger partial charge on any atom is -0.368 e. The lowest BCUT2D eigenvalue weighted by molar-refractivity contribution is 0.334. The standard InChI is InChI=1S/C19H32N4/c1-7-20-17-12-18(21-13(2)3)22-19(23(6)15(17)5)14(4)11-16-9-8-10-16/h9,11-13,15,17,20-21H,7-8,10H2,1-6H3/b14-11+. The summed E-state index contributed by atoms with van der Waals surface area (Å²) in [5, 5.41) is 7.05. The van der Waals surface area contributed by atoms with Crippen molar-refractivity contribution < 1.29 is 0 Å². The SMILES string of the molecule is CCNC1C=C(NC(C)C)N=C(/C(C)=C/C2=CCC2)N(C)C1C. The number of nitrogens with zero attached hydrogens (tertiary/aromatic N) is 2. The molecule has 1 aliphatic carbocycles. The number of hydrogen-bond donors (Lipinski definition) is 2. The summed E-state index contributed by atoms with van der Waals surface area (Å²) in [6, 6.07) is 0.993. The molecule has 2 rings (SSSR count). The summed E-state index contributed by atoms with van der Waals surface area (Å²) >= 11 is 0.